The molecule has 182 valence electrons. The maximum Gasteiger partial charge on any atom is 0.255 e. The van der Waals surface area contributed by atoms with Crippen LogP contribution >= 0.6 is 0 Å². The van der Waals surface area contributed by atoms with Crippen LogP contribution < -0.4 is 16.0 Å². The molecule has 2 fully saturated rings. The average Bonchev–Trinajstić information content (AvgIpc) is 3.52. The summed E-state index contributed by atoms with van der Waals surface area (Å²) in [5, 5.41) is 19.1. The van der Waals surface area contributed by atoms with Gasteiger partial charge in [0.1, 0.15) is 5.82 Å². The third-order valence-corrected chi connectivity index (χ3v) is 6.43. The SMILES string of the molecule is Cc1ccc(C(=O)NC2CC2)cc1-c1cnc(NC(C)(C)CO)c(C(=O)NC2CCN(C)C2)c1. The van der Waals surface area contributed by atoms with Crippen LogP contribution in [0.4, 0.5) is 5.82 Å². The molecule has 2 aromatic rings. The quantitative estimate of drug-likeness (QED) is 0.477. The highest BCUT2D eigenvalue weighted by molar-refractivity contribution is 6.01. The largest absolute Gasteiger partial charge is 0.394 e. The van der Waals surface area contributed by atoms with Crippen LogP contribution in [0, 0.1) is 6.92 Å². The Morgan fingerprint density at radius 2 is 1.85 bits per heavy atom. The molecule has 8 nitrogen and oxygen atoms in total. The van der Waals surface area contributed by atoms with Crippen LogP contribution in [-0.2, 0) is 0 Å². The lowest BCUT2D eigenvalue weighted by molar-refractivity contribution is 0.0934. The van der Waals surface area contributed by atoms with Gasteiger partial charge in [-0.1, -0.05) is 6.07 Å². The highest BCUT2D eigenvalue weighted by atomic mass is 16.3. The maximum absolute atomic E-state index is 13.3. The lowest BCUT2D eigenvalue weighted by Gasteiger charge is -2.26. The summed E-state index contributed by atoms with van der Waals surface area (Å²) in [6.45, 7) is 7.32. The normalized spacial score (nSPS) is 18.6. The fraction of sp³-hybridized carbons (Fsp3) is 0.500. The number of aliphatic hydroxyl groups is 1. The molecular weight excluding hydrogens is 430 g/mol. The van der Waals surface area contributed by atoms with Crippen LogP contribution in [0.25, 0.3) is 11.1 Å². The van der Waals surface area contributed by atoms with Gasteiger partial charge in [-0.15, -0.1) is 0 Å². The molecule has 2 amide bonds. The second kappa shape index (κ2) is 9.72. The predicted molar refractivity (Wildman–Crippen MR) is 133 cm³/mol. The zero-order valence-corrected chi connectivity index (χ0v) is 20.4. The minimum absolute atomic E-state index is 0.0797. The number of aryl methyl sites for hydroxylation is 1. The predicted octanol–water partition coefficient (Wildman–Crippen LogP) is 2.57. The van der Waals surface area contributed by atoms with E-state index in [1.807, 2.05) is 52.1 Å². The number of likely N-dealkylation sites (N-methyl/N-ethyl adjacent to an activating group) is 1. The van der Waals surface area contributed by atoms with E-state index >= 15 is 0 Å². The minimum Gasteiger partial charge on any atom is -0.394 e. The molecule has 1 saturated carbocycles. The first-order chi connectivity index (χ1) is 16.1. The standard InChI is InChI=1S/C26H35N5O3/c1-16-5-6-17(24(33)28-19-7-8-19)11-21(16)18-12-22(23(27-13-18)30-26(2,3)15-32)25(34)29-20-9-10-31(4)14-20/h5-6,11-13,19-20,32H,7-10,14-15H2,1-4H3,(H,27,30)(H,28,33)(H,29,34). The molecule has 1 atom stereocenters. The highest BCUT2D eigenvalue weighted by Gasteiger charge is 2.27. The lowest BCUT2D eigenvalue weighted by Crippen LogP contribution is -2.39. The lowest BCUT2D eigenvalue weighted by atomic mass is 9.97. The summed E-state index contributed by atoms with van der Waals surface area (Å²) in [6, 6.07) is 7.80. The number of carbonyl (C=O) groups excluding carboxylic acids is 2. The first kappa shape index (κ1) is 24.2. The molecule has 1 aliphatic heterocycles. The molecule has 4 N–H and O–H groups in total. The first-order valence-electron chi connectivity index (χ1n) is 12.0. The number of rotatable bonds is 8. The molecule has 0 radical (unpaired) electrons. The van der Waals surface area contributed by atoms with Gasteiger partial charge in [-0.25, -0.2) is 4.98 Å². The number of aromatic nitrogens is 1. The number of benzene rings is 1. The molecule has 1 saturated heterocycles. The molecule has 1 aliphatic carbocycles. The first-order valence-corrected chi connectivity index (χ1v) is 12.0. The second-order valence-electron chi connectivity index (χ2n) is 10.3. The van der Waals surface area contributed by atoms with Crippen molar-refractivity contribution in [1.29, 1.82) is 0 Å². The molecule has 1 aromatic heterocycles. The summed E-state index contributed by atoms with van der Waals surface area (Å²) in [5.41, 5.74) is 2.98. The van der Waals surface area contributed by atoms with Crippen molar-refractivity contribution in [3.8, 4) is 11.1 Å². The molecule has 0 spiro atoms. The number of likely N-dealkylation sites (tertiary alicyclic amines) is 1. The number of amides is 2. The summed E-state index contributed by atoms with van der Waals surface area (Å²) >= 11 is 0. The van der Waals surface area contributed by atoms with Crippen molar-refractivity contribution in [1.82, 2.24) is 20.5 Å². The Morgan fingerprint density at radius 3 is 2.50 bits per heavy atom. The fourth-order valence-electron chi connectivity index (χ4n) is 4.13. The van der Waals surface area contributed by atoms with Crippen LogP contribution in [0.5, 0.6) is 0 Å². The third-order valence-electron chi connectivity index (χ3n) is 6.43. The molecule has 8 heteroatoms. The summed E-state index contributed by atoms with van der Waals surface area (Å²) in [5.74, 6) is 0.140. The average molecular weight is 466 g/mol. The van der Waals surface area contributed by atoms with Gasteiger partial charge < -0.3 is 26.0 Å². The monoisotopic (exact) mass is 465 g/mol. The number of hydrogen-bond donors (Lipinski definition) is 4. The Balaban J connectivity index is 1.67. The molecule has 1 unspecified atom stereocenters. The van der Waals surface area contributed by atoms with Crippen molar-refractivity contribution in [2.75, 3.05) is 32.1 Å². The van der Waals surface area contributed by atoms with Crippen LogP contribution in [0.15, 0.2) is 30.5 Å². The van der Waals surface area contributed by atoms with Crippen molar-refractivity contribution in [3.63, 3.8) is 0 Å². The van der Waals surface area contributed by atoms with Crippen molar-refractivity contribution >= 4 is 17.6 Å². The second-order valence-corrected chi connectivity index (χ2v) is 10.3. The topological polar surface area (TPSA) is 107 Å². The molecule has 0 bridgehead atoms. The van der Waals surface area contributed by atoms with Crippen LogP contribution in [-0.4, -0.2) is 71.2 Å². The van der Waals surface area contributed by atoms with Gasteiger partial charge in [0.15, 0.2) is 0 Å². The van der Waals surface area contributed by atoms with E-state index in [0.29, 0.717) is 16.9 Å². The summed E-state index contributed by atoms with van der Waals surface area (Å²) in [7, 11) is 2.04. The number of pyridine rings is 1. The Bertz CT molecular complexity index is 1080. The summed E-state index contributed by atoms with van der Waals surface area (Å²) < 4.78 is 0. The van der Waals surface area contributed by atoms with Crippen molar-refractivity contribution in [2.24, 2.45) is 0 Å². The van der Waals surface area contributed by atoms with E-state index in [-0.39, 0.29) is 30.5 Å². The highest BCUT2D eigenvalue weighted by Crippen LogP contribution is 2.29. The molecule has 34 heavy (non-hydrogen) atoms. The van der Waals surface area contributed by atoms with E-state index in [2.05, 4.69) is 25.8 Å². The van der Waals surface area contributed by atoms with Gasteiger partial charge in [0.25, 0.3) is 11.8 Å². The summed E-state index contributed by atoms with van der Waals surface area (Å²) in [6.07, 6.45) is 4.67. The van der Waals surface area contributed by atoms with Crippen LogP contribution in [0.2, 0.25) is 0 Å². The van der Waals surface area contributed by atoms with Gasteiger partial charge >= 0.3 is 0 Å². The number of nitrogens with zero attached hydrogens (tertiary/aromatic N) is 2. The number of hydrogen-bond acceptors (Lipinski definition) is 6. The van der Waals surface area contributed by atoms with Gasteiger partial charge in [-0.3, -0.25) is 9.59 Å². The maximum atomic E-state index is 13.3. The molecular formula is C26H35N5O3. The van der Waals surface area contributed by atoms with Crippen molar-refractivity contribution < 1.29 is 14.7 Å². The Kier molecular flexibility index (Phi) is 6.91. The van der Waals surface area contributed by atoms with Crippen molar-refractivity contribution in [3.05, 3.63) is 47.2 Å². The zero-order chi connectivity index (χ0) is 24.5. The van der Waals surface area contributed by atoms with Gasteiger partial charge in [-0.2, -0.15) is 0 Å². The smallest absolute Gasteiger partial charge is 0.255 e. The third kappa shape index (κ3) is 5.74. The minimum atomic E-state index is -0.645. The zero-order valence-electron chi connectivity index (χ0n) is 20.4. The van der Waals surface area contributed by atoms with E-state index < -0.39 is 5.54 Å². The molecule has 2 heterocycles. The molecule has 4 rings (SSSR count). The molecule has 2 aliphatic rings. The van der Waals surface area contributed by atoms with Gasteiger partial charge in [-0.05, 0) is 83.0 Å². The number of nitrogens with one attached hydrogen (secondary N) is 3. The number of aliphatic hydroxyl groups excluding tert-OH is 1. The van der Waals surface area contributed by atoms with Gasteiger partial charge in [0.2, 0.25) is 0 Å². The van der Waals surface area contributed by atoms with Crippen molar-refractivity contribution in [2.45, 2.75) is 57.7 Å². The van der Waals surface area contributed by atoms with Gasteiger partial charge in [0.05, 0.1) is 17.7 Å². The number of anilines is 1. The molecule has 1 aromatic carbocycles. The van der Waals surface area contributed by atoms with E-state index in [0.717, 1.165) is 49.0 Å². The number of carbonyl (C=O) groups is 2. The Morgan fingerprint density at radius 1 is 1.12 bits per heavy atom. The van der Waals surface area contributed by atoms with E-state index in [1.165, 1.54) is 0 Å². The van der Waals surface area contributed by atoms with Gasteiger partial charge in [0, 0.05) is 36.0 Å². The van der Waals surface area contributed by atoms with Crippen LogP contribution in [0.1, 0.15) is 59.4 Å². The van der Waals surface area contributed by atoms with E-state index in [9.17, 15) is 14.7 Å². The van der Waals surface area contributed by atoms with E-state index in [1.54, 1.807) is 6.20 Å². The Hall–Kier alpha value is -2.97. The fourth-order valence-corrected chi connectivity index (χ4v) is 4.13. The van der Waals surface area contributed by atoms with Crippen LogP contribution in [0.3, 0.4) is 0 Å². The Labute approximate surface area is 201 Å². The van der Waals surface area contributed by atoms with E-state index in [4.69, 9.17) is 0 Å². The summed E-state index contributed by atoms with van der Waals surface area (Å²) in [4.78, 5) is 32.7.